The van der Waals surface area contributed by atoms with Crippen LogP contribution in [-0.4, -0.2) is 36.5 Å². The Labute approximate surface area is 127 Å². The number of aryl methyl sites for hydroxylation is 2. The van der Waals surface area contributed by atoms with Crippen LogP contribution in [0.3, 0.4) is 0 Å². The Hall–Kier alpha value is -1.86. The van der Waals surface area contributed by atoms with Gasteiger partial charge in [0.15, 0.2) is 0 Å². The van der Waals surface area contributed by atoms with Gasteiger partial charge >= 0.3 is 0 Å². The lowest BCUT2D eigenvalue weighted by molar-refractivity contribution is -0.117. The molecule has 1 aromatic rings. The van der Waals surface area contributed by atoms with Gasteiger partial charge in [-0.15, -0.1) is 0 Å². The highest BCUT2D eigenvalue weighted by molar-refractivity contribution is 5.94. The van der Waals surface area contributed by atoms with E-state index in [2.05, 4.69) is 24.1 Å². The van der Waals surface area contributed by atoms with Crippen molar-refractivity contribution >= 4 is 11.6 Å². The third-order valence-corrected chi connectivity index (χ3v) is 4.36. The number of likely N-dealkylation sites (tertiary alicyclic amines) is 1. The minimum atomic E-state index is -0.724. The summed E-state index contributed by atoms with van der Waals surface area (Å²) in [7, 11) is 2.05. The first-order valence-electron chi connectivity index (χ1n) is 7.37. The summed E-state index contributed by atoms with van der Waals surface area (Å²) >= 11 is 0. The van der Waals surface area contributed by atoms with Crippen LogP contribution in [0.4, 0.5) is 5.69 Å². The summed E-state index contributed by atoms with van der Waals surface area (Å²) in [5, 5.41) is 9.79. The van der Waals surface area contributed by atoms with Crippen molar-refractivity contribution in [2.24, 2.45) is 0 Å². The van der Waals surface area contributed by atoms with Crippen molar-refractivity contribution in [3.63, 3.8) is 0 Å². The molecule has 0 atom stereocenters. The fourth-order valence-corrected chi connectivity index (χ4v) is 3.13. The highest BCUT2D eigenvalue weighted by Gasteiger charge is 2.42. The highest BCUT2D eigenvalue weighted by Crippen LogP contribution is 2.34. The molecule has 0 N–H and O–H groups in total. The third-order valence-electron chi connectivity index (χ3n) is 4.36. The Bertz CT molecular complexity index is 580. The molecule has 0 unspecified atom stereocenters. The average molecular weight is 285 g/mol. The van der Waals surface area contributed by atoms with E-state index in [9.17, 15) is 10.1 Å². The van der Waals surface area contributed by atoms with Crippen LogP contribution in [-0.2, 0) is 4.79 Å². The Morgan fingerprint density at radius 2 is 1.95 bits per heavy atom. The summed E-state index contributed by atoms with van der Waals surface area (Å²) in [4.78, 5) is 16.2. The predicted molar refractivity (Wildman–Crippen MR) is 84.2 cm³/mol. The maximum absolute atomic E-state index is 12.3. The fourth-order valence-electron chi connectivity index (χ4n) is 3.13. The van der Waals surface area contributed by atoms with Crippen LogP contribution < -0.4 is 4.90 Å². The Morgan fingerprint density at radius 3 is 2.43 bits per heavy atom. The summed E-state index contributed by atoms with van der Waals surface area (Å²) in [6.45, 7) is 7.25. The molecule has 4 nitrogen and oxygen atoms in total. The van der Waals surface area contributed by atoms with Gasteiger partial charge in [-0.25, -0.2) is 0 Å². The molecule has 4 heteroatoms. The fraction of sp³-hybridized carbons (Fsp3) is 0.529. The molecule has 2 rings (SSSR count). The SMILES string of the molecule is CC(=O)N(c1ccc(C)cc1C)C1(C#N)CCN(C)CC1. The average Bonchev–Trinajstić information content (AvgIpc) is 2.43. The van der Waals surface area contributed by atoms with Crippen LogP contribution in [0.15, 0.2) is 18.2 Å². The van der Waals surface area contributed by atoms with Gasteiger partial charge in [-0.3, -0.25) is 9.69 Å². The minimum absolute atomic E-state index is 0.0620. The molecule has 0 aliphatic carbocycles. The summed E-state index contributed by atoms with van der Waals surface area (Å²) in [6, 6.07) is 8.46. The normalized spacial score (nSPS) is 18.0. The molecule has 1 amide bonds. The predicted octanol–water partition coefficient (Wildman–Crippen LogP) is 2.64. The van der Waals surface area contributed by atoms with Gasteiger partial charge in [0.25, 0.3) is 0 Å². The number of nitriles is 1. The zero-order valence-electron chi connectivity index (χ0n) is 13.3. The van der Waals surface area contributed by atoms with Crippen molar-refractivity contribution in [1.82, 2.24) is 4.90 Å². The molecule has 1 aliphatic heterocycles. The van der Waals surface area contributed by atoms with Gasteiger partial charge in [-0.1, -0.05) is 17.7 Å². The van der Waals surface area contributed by atoms with Crippen molar-refractivity contribution in [2.75, 3.05) is 25.0 Å². The lowest BCUT2D eigenvalue weighted by Gasteiger charge is -2.43. The summed E-state index contributed by atoms with van der Waals surface area (Å²) in [5.74, 6) is -0.0620. The second-order valence-electron chi connectivity index (χ2n) is 6.09. The Balaban J connectivity index is 2.47. The van der Waals surface area contributed by atoms with Crippen molar-refractivity contribution in [1.29, 1.82) is 5.26 Å². The van der Waals surface area contributed by atoms with Gasteiger partial charge < -0.3 is 4.90 Å². The van der Waals surface area contributed by atoms with E-state index in [-0.39, 0.29) is 5.91 Å². The molecular weight excluding hydrogens is 262 g/mol. The number of benzene rings is 1. The van der Waals surface area contributed by atoms with Crippen molar-refractivity contribution in [3.05, 3.63) is 29.3 Å². The van der Waals surface area contributed by atoms with E-state index < -0.39 is 5.54 Å². The number of carbonyl (C=O) groups excluding carboxylic acids is 1. The maximum atomic E-state index is 12.3. The van der Waals surface area contributed by atoms with Crippen molar-refractivity contribution in [3.8, 4) is 6.07 Å². The maximum Gasteiger partial charge on any atom is 0.225 e. The van der Waals surface area contributed by atoms with E-state index in [1.54, 1.807) is 11.8 Å². The van der Waals surface area contributed by atoms with E-state index in [1.807, 2.05) is 26.0 Å². The number of piperidine rings is 1. The Kier molecular flexibility index (Phi) is 4.34. The first-order chi connectivity index (χ1) is 9.89. The summed E-state index contributed by atoms with van der Waals surface area (Å²) in [6.07, 6.45) is 1.37. The second-order valence-corrected chi connectivity index (χ2v) is 6.09. The molecular formula is C17H23N3O. The first kappa shape index (κ1) is 15.5. The molecule has 0 spiro atoms. The minimum Gasteiger partial charge on any atom is -0.306 e. The van der Waals surface area contributed by atoms with Gasteiger partial charge in [0.05, 0.1) is 6.07 Å². The van der Waals surface area contributed by atoms with Gasteiger partial charge in [-0.05, 0) is 45.4 Å². The molecule has 21 heavy (non-hydrogen) atoms. The van der Waals surface area contributed by atoms with E-state index in [0.717, 1.165) is 29.9 Å². The Morgan fingerprint density at radius 1 is 1.33 bits per heavy atom. The summed E-state index contributed by atoms with van der Waals surface area (Å²) in [5.41, 5.74) is 2.34. The number of carbonyl (C=O) groups is 1. The van der Waals surface area contributed by atoms with E-state index in [0.29, 0.717) is 12.8 Å². The third kappa shape index (κ3) is 2.93. The van der Waals surface area contributed by atoms with Crippen LogP contribution in [0.25, 0.3) is 0 Å². The lowest BCUT2D eigenvalue weighted by Crippen LogP contribution is -2.56. The lowest BCUT2D eigenvalue weighted by atomic mass is 9.86. The molecule has 0 radical (unpaired) electrons. The summed E-state index contributed by atoms with van der Waals surface area (Å²) < 4.78 is 0. The largest absolute Gasteiger partial charge is 0.306 e. The topological polar surface area (TPSA) is 47.3 Å². The van der Waals surface area contributed by atoms with E-state index in [4.69, 9.17) is 0 Å². The zero-order chi connectivity index (χ0) is 15.6. The van der Waals surface area contributed by atoms with Crippen LogP contribution in [0.5, 0.6) is 0 Å². The standard InChI is InChI=1S/C17H23N3O/c1-13-5-6-16(14(2)11-13)20(15(3)21)17(12-18)7-9-19(4)10-8-17/h5-6,11H,7-10H2,1-4H3. The van der Waals surface area contributed by atoms with Crippen LogP contribution >= 0.6 is 0 Å². The number of rotatable bonds is 2. The number of anilines is 1. The number of amides is 1. The van der Waals surface area contributed by atoms with Crippen LogP contribution in [0.1, 0.15) is 30.9 Å². The molecule has 1 saturated heterocycles. The van der Waals surface area contributed by atoms with Gasteiger partial charge in [0.2, 0.25) is 5.91 Å². The van der Waals surface area contributed by atoms with Gasteiger partial charge in [0, 0.05) is 25.7 Å². The molecule has 1 fully saturated rings. The monoisotopic (exact) mass is 285 g/mol. The van der Waals surface area contributed by atoms with Crippen LogP contribution in [0, 0.1) is 25.2 Å². The van der Waals surface area contributed by atoms with E-state index in [1.165, 1.54) is 0 Å². The van der Waals surface area contributed by atoms with E-state index >= 15 is 0 Å². The number of nitrogens with zero attached hydrogens (tertiary/aromatic N) is 3. The van der Waals surface area contributed by atoms with Crippen LogP contribution in [0.2, 0.25) is 0 Å². The quantitative estimate of drug-likeness (QED) is 0.839. The molecule has 112 valence electrons. The number of hydrogen-bond donors (Lipinski definition) is 0. The number of hydrogen-bond acceptors (Lipinski definition) is 3. The molecule has 0 saturated carbocycles. The zero-order valence-corrected chi connectivity index (χ0v) is 13.3. The highest BCUT2D eigenvalue weighted by atomic mass is 16.2. The van der Waals surface area contributed by atoms with Crippen molar-refractivity contribution in [2.45, 2.75) is 39.2 Å². The van der Waals surface area contributed by atoms with Crippen molar-refractivity contribution < 1.29 is 4.79 Å². The molecule has 1 heterocycles. The van der Waals surface area contributed by atoms with Gasteiger partial charge in [0.1, 0.15) is 5.54 Å². The molecule has 1 aromatic carbocycles. The molecule has 0 aromatic heterocycles. The van der Waals surface area contributed by atoms with Gasteiger partial charge in [-0.2, -0.15) is 5.26 Å². The molecule has 0 bridgehead atoms. The first-order valence-corrected chi connectivity index (χ1v) is 7.37. The second kappa shape index (κ2) is 5.87. The smallest absolute Gasteiger partial charge is 0.225 e. The molecule has 1 aliphatic rings.